The number of benzene rings is 2. The SMILES string of the molecule is O=COC[C@@H]1Cc2c([nH]c3ccccc23)[C@H](c2ccccc2Br)N1C(=O)CCl. The number of carbonyl (C=O) groups excluding carboxylic acids is 2. The highest BCUT2D eigenvalue weighted by Crippen LogP contribution is 2.42. The van der Waals surface area contributed by atoms with Crippen LogP contribution in [0.3, 0.4) is 0 Å². The molecule has 28 heavy (non-hydrogen) atoms. The van der Waals surface area contributed by atoms with Gasteiger partial charge >= 0.3 is 0 Å². The highest BCUT2D eigenvalue weighted by Gasteiger charge is 2.40. The molecule has 1 N–H and O–H groups in total. The molecule has 2 heterocycles. The summed E-state index contributed by atoms with van der Waals surface area (Å²) in [6, 6.07) is 15.2. The number of nitrogens with zero attached hydrogens (tertiary/aromatic N) is 1. The average molecular weight is 462 g/mol. The minimum atomic E-state index is -0.363. The first-order chi connectivity index (χ1) is 13.7. The first-order valence-electron chi connectivity index (χ1n) is 8.92. The molecule has 3 aromatic rings. The maximum Gasteiger partial charge on any atom is 0.293 e. The van der Waals surface area contributed by atoms with Crippen LogP contribution in [0.5, 0.6) is 0 Å². The Morgan fingerprint density at radius 2 is 2.00 bits per heavy atom. The summed E-state index contributed by atoms with van der Waals surface area (Å²) >= 11 is 9.59. The van der Waals surface area contributed by atoms with Gasteiger partial charge in [-0.2, -0.15) is 0 Å². The van der Waals surface area contributed by atoms with Gasteiger partial charge < -0.3 is 14.6 Å². The molecule has 0 aliphatic carbocycles. The maximum atomic E-state index is 12.9. The topological polar surface area (TPSA) is 62.4 Å². The van der Waals surface area contributed by atoms with Crippen LogP contribution in [-0.4, -0.2) is 40.8 Å². The molecule has 1 amide bonds. The molecule has 1 aliphatic rings. The van der Waals surface area contributed by atoms with E-state index in [1.165, 1.54) is 0 Å². The van der Waals surface area contributed by atoms with E-state index >= 15 is 0 Å². The lowest BCUT2D eigenvalue weighted by atomic mass is 9.88. The van der Waals surface area contributed by atoms with Crippen molar-refractivity contribution in [1.29, 1.82) is 0 Å². The number of H-pyrrole nitrogens is 1. The van der Waals surface area contributed by atoms with Gasteiger partial charge in [-0.1, -0.05) is 52.3 Å². The second-order valence-electron chi connectivity index (χ2n) is 6.71. The number of alkyl halides is 1. The number of fused-ring (bicyclic) bond motifs is 3. The Hall–Kier alpha value is -2.31. The summed E-state index contributed by atoms with van der Waals surface area (Å²) in [4.78, 5) is 29.0. The van der Waals surface area contributed by atoms with E-state index in [1.807, 2.05) is 42.5 Å². The molecular weight excluding hydrogens is 444 g/mol. The van der Waals surface area contributed by atoms with Crippen LogP contribution in [0.4, 0.5) is 0 Å². The van der Waals surface area contributed by atoms with Crippen LogP contribution in [0, 0.1) is 0 Å². The van der Waals surface area contributed by atoms with E-state index < -0.39 is 0 Å². The van der Waals surface area contributed by atoms with Gasteiger partial charge in [0.2, 0.25) is 5.91 Å². The lowest BCUT2D eigenvalue weighted by molar-refractivity contribution is -0.139. The molecule has 1 aromatic heterocycles. The predicted molar refractivity (Wildman–Crippen MR) is 111 cm³/mol. The third-order valence-corrected chi connectivity index (χ3v) is 6.14. The molecule has 2 atom stereocenters. The van der Waals surface area contributed by atoms with Gasteiger partial charge in [-0.05, 0) is 29.7 Å². The first-order valence-corrected chi connectivity index (χ1v) is 10.2. The van der Waals surface area contributed by atoms with Crippen molar-refractivity contribution >= 4 is 50.8 Å². The van der Waals surface area contributed by atoms with E-state index in [0.717, 1.165) is 32.2 Å². The highest BCUT2D eigenvalue weighted by atomic mass is 79.9. The van der Waals surface area contributed by atoms with Crippen molar-refractivity contribution in [1.82, 2.24) is 9.88 Å². The Balaban J connectivity index is 1.95. The number of amides is 1. The molecule has 1 aliphatic heterocycles. The van der Waals surface area contributed by atoms with Gasteiger partial charge in [0.15, 0.2) is 0 Å². The second kappa shape index (κ2) is 7.97. The molecule has 4 rings (SSSR count). The fourth-order valence-electron chi connectivity index (χ4n) is 4.07. The van der Waals surface area contributed by atoms with E-state index in [1.54, 1.807) is 4.90 Å². The van der Waals surface area contributed by atoms with E-state index in [4.69, 9.17) is 16.3 Å². The van der Waals surface area contributed by atoms with Crippen molar-refractivity contribution in [3.05, 3.63) is 69.8 Å². The molecule has 0 saturated carbocycles. The summed E-state index contributed by atoms with van der Waals surface area (Å²) in [5.74, 6) is -0.347. The molecule has 0 spiro atoms. The second-order valence-corrected chi connectivity index (χ2v) is 7.83. The predicted octanol–water partition coefficient (Wildman–Crippen LogP) is 4.18. The number of para-hydroxylation sites is 1. The van der Waals surface area contributed by atoms with Crippen LogP contribution >= 0.6 is 27.5 Å². The Labute approximate surface area is 175 Å². The normalized spacial score (nSPS) is 18.7. The first kappa shape index (κ1) is 19.0. The van der Waals surface area contributed by atoms with E-state index in [0.29, 0.717) is 12.9 Å². The Kier molecular flexibility index (Phi) is 5.42. The van der Waals surface area contributed by atoms with E-state index in [-0.39, 0.29) is 30.5 Å². The number of rotatable bonds is 5. The molecule has 0 fully saturated rings. The van der Waals surface area contributed by atoms with Crippen LogP contribution in [0.1, 0.15) is 22.9 Å². The number of nitrogens with one attached hydrogen (secondary N) is 1. The van der Waals surface area contributed by atoms with Gasteiger partial charge in [0.1, 0.15) is 12.5 Å². The number of aromatic amines is 1. The van der Waals surface area contributed by atoms with Crippen LogP contribution in [0.15, 0.2) is 53.0 Å². The standard InChI is InChI=1S/C21H18BrClN2O3/c22-17-7-3-1-6-15(17)21-20-16(14-5-2-4-8-18(14)24-20)9-13(11-28-12-26)25(21)19(27)10-23/h1-8,12-13,21,24H,9-11H2/t13-,21-/m0/s1. The van der Waals surface area contributed by atoms with Crippen molar-refractivity contribution < 1.29 is 14.3 Å². The fourth-order valence-corrected chi connectivity index (χ4v) is 4.71. The van der Waals surface area contributed by atoms with Crippen LogP contribution in [0.2, 0.25) is 0 Å². The van der Waals surface area contributed by atoms with E-state index in [2.05, 4.69) is 27.0 Å². The maximum absolute atomic E-state index is 12.9. The summed E-state index contributed by atoms with van der Waals surface area (Å²) in [5, 5.41) is 1.11. The largest absolute Gasteiger partial charge is 0.466 e. The Morgan fingerprint density at radius 3 is 2.75 bits per heavy atom. The summed E-state index contributed by atoms with van der Waals surface area (Å²) in [6.07, 6.45) is 0.580. The van der Waals surface area contributed by atoms with Crippen LogP contribution in [0.25, 0.3) is 10.9 Å². The summed E-state index contributed by atoms with van der Waals surface area (Å²) in [5.41, 5.74) is 4.06. The monoisotopic (exact) mass is 460 g/mol. The third kappa shape index (κ3) is 3.20. The smallest absolute Gasteiger partial charge is 0.293 e. The number of aromatic nitrogens is 1. The summed E-state index contributed by atoms with van der Waals surface area (Å²) in [7, 11) is 0. The third-order valence-electron chi connectivity index (χ3n) is 5.19. The minimum absolute atomic E-state index is 0.117. The van der Waals surface area contributed by atoms with Gasteiger partial charge in [-0.3, -0.25) is 9.59 Å². The molecule has 7 heteroatoms. The molecule has 0 unspecified atom stereocenters. The molecule has 5 nitrogen and oxygen atoms in total. The number of hydrogen-bond donors (Lipinski definition) is 1. The van der Waals surface area contributed by atoms with E-state index in [9.17, 15) is 9.59 Å². The number of carbonyl (C=O) groups is 2. The lowest BCUT2D eigenvalue weighted by Crippen LogP contribution is -2.50. The average Bonchev–Trinajstić information content (AvgIpc) is 3.09. The van der Waals surface area contributed by atoms with Crippen molar-refractivity contribution in [2.24, 2.45) is 0 Å². The quantitative estimate of drug-likeness (QED) is 0.458. The van der Waals surface area contributed by atoms with Crippen molar-refractivity contribution in [3.8, 4) is 0 Å². The zero-order valence-corrected chi connectivity index (χ0v) is 17.2. The number of ether oxygens (including phenoxy) is 1. The zero-order valence-electron chi connectivity index (χ0n) is 14.9. The Bertz CT molecular complexity index is 1040. The molecule has 144 valence electrons. The number of halogens is 2. The van der Waals surface area contributed by atoms with Crippen molar-refractivity contribution in [2.45, 2.75) is 18.5 Å². The number of hydrogen-bond acceptors (Lipinski definition) is 3. The molecule has 2 aromatic carbocycles. The summed E-state index contributed by atoms with van der Waals surface area (Å²) < 4.78 is 5.97. The highest BCUT2D eigenvalue weighted by molar-refractivity contribution is 9.10. The van der Waals surface area contributed by atoms with Gasteiger partial charge in [-0.25, -0.2) is 0 Å². The minimum Gasteiger partial charge on any atom is -0.466 e. The Morgan fingerprint density at radius 1 is 1.25 bits per heavy atom. The summed E-state index contributed by atoms with van der Waals surface area (Å²) in [6.45, 7) is 0.535. The van der Waals surface area contributed by atoms with Gasteiger partial charge in [-0.15, -0.1) is 11.6 Å². The lowest BCUT2D eigenvalue weighted by Gasteiger charge is -2.42. The van der Waals surface area contributed by atoms with Gasteiger partial charge in [0, 0.05) is 21.1 Å². The molecular formula is C21H18BrClN2O3. The van der Waals surface area contributed by atoms with Gasteiger partial charge in [0.25, 0.3) is 6.47 Å². The van der Waals surface area contributed by atoms with Crippen molar-refractivity contribution in [2.75, 3.05) is 12.5 Å². The van der Waals surface area contributed by atoms with Crippen LogP contribution in [-0.2, 0) is 20.7 Å². The van der Waals surface area contributed by atoms with Crippen LogP contribution < -0.4 is 0 Å². The fraction of sp³-hybridized carbons (Fsp3) is 0.238. The van der Waals surface area contributed by atoms with Gasteiger partial charge in [0.05, 0.1) is 12.1 Å². The molecule has 0 radical (unpaired) electrons. The van der Waals surface area contributed by atoms with Crippen molar-refractivity contribution in [3.63, 3.8) is 0 Å². The zero-order chi connectivity index (χ0) is 19.7. The molecule has 0 saturated heterocycles. The molecule has 0 bridgehead atoms.